The first-order valence-corrected chi connectivity index (χ1v) is 9.40. The molecule has 0 spiro atoms. The van der Waals surface area contributed by atoms with Gasteiger partial charge in [-0.2, -0.15) is 0 Å². The van der Waals surface area contributed by atoms with Gasteiger partial charge in [-0.15, -0.1) is 0 Å². The van der Waals surface area contributed by atoms with E-state index in [4.69, 9.17) is 0 Å². The van der Waals surface area contributed by atoms with Crippen molar-refractivity contribution in [3.8, 4) is 0 Å². The molecule has 0 bridgehead atoms. The Kier molecular flexibility index (Phi) is 3.46. The van der Waals surface area contributed by atoms with Gasteiger partial charge >= 0.3 is 0 Å². The summed E-state index contributed by atoms with van der Waals surface area (Å²) in [5.74, 6) is 2.10. The van der Waals surface area contributed by atoms with Crippen LogP contribution in [0.5, 0.6) is 0 Å². The van der Waals surface area contributed by atoms with Crippen LogP contribution in [0.2, 0.25) is 0 Å². The van der Waals surface area contributed by atoms with E-state index in [9.17, 15) is 15.3 Å². The quantitative estimate of drug-likeness (QED) is 0.645. The average Bonchev–Trinajstić information content (AvgIpc) is 2.75. The van der Waals surface area contributed by atoms with Crippen molar-refractivity contribution in [3.63, 3.8) is 0 Å². The van der Waals surface area contributed by atoms with Crippen molar-refractivity contribution in [2.75, 3.05) is 0 Å². The summed E-state index contributed by atoms with van der Waals surface area (Å²) in [7, 11) is 0. The van der Waals surface area contributed by atoms with Crippen molar-refractivity contribution in [2.24, 2.45) is 34.5 Å². The molecule has 126 valence electrons. The van der Waals surface area contributed by atoms with Crippen molar-refractivity contribution in [1.82, 2.24) is 0 Å². The van der Waals surface area contributed by atoms with E-state index in [0.717, 1.165) is 38.5 Å². The summed E-state index contributed by atoms with van der Waals surface area (Å²) in [5.41, 5.74) is 0.119. The lowest BCUT2D eigenvalue weighted by Crippen LogP contribution is -2.59. The predicted molar refractivity (Wildman–Crippen MR) is 85.1 cm³/mol. The maximum Gasteiger partial charge on any atom is 0.0597 e. The van der Waals surface area contributed by atoms with E-state index in [-0.39, 0.29) is 29.1 Å². The maximum atomic E-state index is 11.0. The zero-order valence-corrected chi connectivity index (χ0v) is 14.0. The van der Waals surface area contributed by atoms with Crippen molar-refractivity contribution in [3.05, 3.63) is 0 Å². The normalized spacial score (nSPS) is 61.2. The van der Waals surface area contributed by atoms with E-state index in [1.54, 1.807) is 0 Å². The summed E-state index contributed by atoms with van der Waals surface area (Å²) in [6, 6.07) is 0. The Hall–Kier alpha value is -0.120. The molecule has 0 aromatic heterocycles. The van der Waals surface area contributed by atoms with Crippen LogP contribution in [0.25, 0.3) is 0 Å². The Bertz CT molecular complexity index is 452. The smallest absolute Gasteiger partial charge is 0.0597 e. The molecule has 3 heteroatoms. The standard InChI is InChI=1S/C19H32O3/c1-18-8-7-12(20)9-11(18)3-4-13-14-5-6-16(22)19(14,2)10-15(21)17(13)18/h11-17,20-22H,3-10H2,1-2H3/t11-,12-,13-,14-,15-,16+,17+,18-,19-/m0/s1. The fourth-order valence-corrected chi connectivity index (χ4v) is 7.33. The third-order valence-electron chi connectivity index (χ3n) is 8.52. The van der Waals surface area contributed by atoms with E-state index in [2.05, 4.69) is 13.8 Å². The minimum absolute atomic E-state index is 0.0715. The van der Waals surface area contributed by atoms with Crippen LogP contribution in [-0.2, 0) is 0 Å². The van der Waals surface area contributed by atoms with Gasteiger partial charge in [0.1, 0.15) is 0 Å². The first-order valence-electron chi connectivity index (χ1n) is 9.40. The van der Waals surface area contributed by atoms with Gasteiger partial charge in [-0.1, -0.05) is 13.8 Å². The molecular formula is C19H32O3. The molecule has 0 aliphatic heterocycles. The van der Waals surface area contributed by atoms with Crippen molar-refractivity contribution in [2.45, 2.75) is 83.5 Å². The van der Waals surface area contributed by atoms with Gasteiger partial charge < -0.3 is 15.3 Å². The van der Waals surface area contributed by atoms with E-state index in [0.29, 0.717) is 23.7 Å². The Balaban J connectivity index is 1.68. The highest BCUT2D eigenvalue weighted by molar-refractivity contribution is 5.12. The number of hydrogen-bond donors (Lipinski definition) is 3. The summed E-state index contributed by atoms with van der Waals surface area (Å²) in [4.78, 5) is 0. The molecule has 4 aliphatic carbocycles. The molecule has 0 radical (unpaired) electrons. The molecule has 0 amide bonds. The van der Waals surface area contributed by atoms with Crippen LogP contribution in [-0.4, -0.2) is 33.6 Å². The van der Waals surface area contributed by atoms with Gasteiger partial charge in [-0.25, -0.2) is 0 Å². The summed E-state index contributed by atoms with van der Waals surface area (Å²) >= 11 is 0. The van der Waals surface area contributed by atoms with Crippen molar-refractivity contribution in [1.29, 1.82) is 0 Å². The highest BCUT2D eigenvalue weighted by Crippen LogP contribution is 2.66. The zero-order chi connectivity index (χ0) is 15.7. The summed E-state index contributed by atoms with van der Waals surface area (Å²) in [6.45, 7) is 4.60. The lowest BCUT2D eigenvalue weighted by molar-refractivity contribution is -0.183. The number of aliphatic hydroxyl groups is 3. The van der Waals surface area contributed by atoms with Gasteiger partial charge in [0.25, 0.3) is 0 Å². The molecule has 3 nitrogen and oxygen atoms in total. The summed E-state index contributed by atoms with van der Waals surface area (Å²) in [6.07, 6.45) is 7.44. The molecule has 0 aromatic carbocycles. The van der Waals surface area contributed by atoms with Gasteiger partial charge in [-0.3, -0.25) is 0 Å². The fourth-order valence-electron chi connectivity index (χ4n) is 7.33. The molecule has 0 saturated heterocycles. The van der Waals surface area contributed by atoms with E-state index < -0.39 is 0 Å². The average molecular weight is 308 g/mol. The second kappa shape index (κ2) is 4.94. The number of fused-ring (bicyclic) bond motifs is 5. The Morgan fingerprint density at radius 1 is 0.864 bits per heavy atom. The molecule has 3 N–H and O–H groups in total. The number of aliphatic hydroxyl groups excluding tert-OH is 3. The first kappa shape index (κ1) is 15.4. The largest absolute Gasteiger partial charge is 0.393 e. The van der Waals surface area contributed by atoms with Crippen LogP contribution in [0.15, 0.2) is 0 Å². The highest BCUT2D eigenvalue weighted by Gasteiger charge is 2.62. The van der Waals surface area contributed by atoms with Crippen molar-refractivity contribution < 1.29 is 15.3 Å². The second-order valence-electron chi connectivity index (χ2n) is 9.37. The van der Waals surface area contributed by atoms with E-state index in [1.807, 2.05) is 0 Å². The number of rotatable bonds is 0. The van der Waals surface area contributed by atoms with Crippen LogP contribution in [0.3, 0.4) is 0 Å². The topological polar surface area (TPSA) is 60.7 Å². The molecule has 22 heavy (non-hydrogen) atoms. The summed E-state index contributed by atoms with van der Waals surface area (Å²) < 4.78 is 0. The SMILES string of the molecule is C[C@]12CC[C@H](O)C[C@@H]1CC[C@@H]1[C@@H]2[C@@H](O)C[C@]2(C)[C@H](O)CC[C@@H]12. The zero-order valence-electron chi connectivity index (χ0n) is 14.0. The minimum Gasteiger partial charge on any atom is -0.393 e. The molecule has 9 atom stereocenters. The van der Waals surface area contributed by atoms with Crippen LogP contribution in [0, 0.1) is 34.5 Å². The van der Waals surface area contributed by atoms with Crippen molar-refractivity contribution >= 4 is 0 Å². The van der Waals surface area contributed by atoms with Crippen LogP contribution < -0.4 is 0 Å². The third-order valence-corrected chi connectivity index (χ3v) is 8.52. The van der Waals surface area contributed by atoms with Crippen LogP contribution >= 0.6 is 0 Å². The Morgan fingerprint density at radius 2 is 1.64 bits per heavy atom. The van der Waals surface area contributed by atoms with E-state index >= 15 is 0 Å². The minimum atomic E-state index is -0.276. The maximum absolute atomic E-state index is 11.0. The predicted octanol–water partition coefficient (Wildman–Crippen LogP) is 2.72. The molecule has 4 aliphatic rings. The second-order valence-corrected chi connectivity index (χ2v) is 9.37. The molecule has 4 rings (SSSR count). The lowest BCUT2D eigenvalue weighted by Gasteiger charge is -2.62. The first-order chi connectivity index (χ1) is 10.4. The summed E-state index contributed by atoms with van der Waals surface area (Å²) in [5, 5.41) is 31.6. The monoisotopic (exact) mass is 308 g/mol. The van der Waals surface area contributed by atoms with Gasteiger partial charge in [0.15, 0.2) is 0 Å². The molecule has 0 heterocycles. The van der Waals surface area contributed by atoms with Gasteiger partial charge in [0, 0.05) is 0 Å². The fraction of sp³-hybridized carbons (Fsp3) is 1.00. The molecular weight excluding hydrogens is 276 g/mol. The highest BCUT2D eigenvalue weighted by atomic mass is 16.3. The molecule has 0 unspecified atom stereocenters. The van der Waals surface area contributed by atoms with Gasteiger partial charge in [-0.05, 0) is 85.9 Å². The van der Waals surface area contributed by atoms with Crippen LogP contribution in [0.1, 0.15) is 65.2 Å². The molecule has 4 fully saturated rings. The third kappa shape index (κ3) is 1.91. The Labute approximate surface area is 134 Å². The number of hydrogen-bond acceptors (Lipinski definition) is 3. The van der Waals surface area contributed by atoms with Crippen LogP contribution in [0.4, 0.5) is 0 Å². The molecule has 0 aromatic rings. The van der Waals surface area contributed by atoms with E-state index in [1.165, 1.54) is 12.8 Å². The Morgan fingerprint density at radius 3 is 2.41 bits per heavy atom. The lowest BCUT2D eigenvalue weighted by atomic mass is 9.44. The van der Waals surface area contributed by atoms with Gasteiger partial charge in [0.05, 0.1) is 18.3 Å². The van der Waals surface area contributed by atoms with Gasteiger partial charge in [0.2, 0.25) is 0 Å². The molecule has 4 saturated carbocycles.